The molecule has 1 aromatic heterocycles. The Labute approximate surface area is 274 Å². The summed E-state index contributed by atoms with van der Waals surface area (Å²) in [7, 11) is 0. The van der Waals surface area contributed by atoms with Gasteiger partial charge in [-0.1, -0.05) is 30.3 Å². The number of hydrogen-bond donors (Lipinski definition) is 3. The van der Waals surface area contributed by atoms with Gasteiger partial charge in [0.05, 0.1) is 83.6 Å². The third-order valence-corrected chi connectivity index (χ3v) is 7.37. The third-order valence-electron chi connectivity index (χ3n) is 7.37. The number of fused-ring (bicyclic) bond motifs is 1. The molecule has 2 heterocycles. The summed E-state index contributed by atoms with van der Waals surface area (Å²) < 4.78 is 72.2. The molecular formula is C33H39F3N2O10. The Kier molecular flexibility index (Phi) is 14.3. The molecule has 1 aliphatic heterocycles. The number of hydrogen-bond acceptors (Lipinski definition) is 10. The van der Waals surface area contributed by atoms with Gasteiger partial charge in [0, 0.05) is 16.6 Å². The van der Waals surface area contributed by atoms with Crippen LogP contribution in [0.3, 0.4) is 0 Å². The highest BCUT2D eigenvalue weighted by Crippen LogP contribution is 2.37. The standard InChI is InChI=1S/C33H39F3N2O10/c34-33(35,36)28-4-2-1-3-25(28)29-18-23-6-5-22(17-26(23)32(42)38-29)27-19-24(37-31(27)41)20-48-30(40)21-47-16-15-46-14-13-45-12-11-44-10-9-43-8-7-39/h1-6,17-18,24,27,39H,7-16,19-21H2,(H,37,41)(H,38,42)/t24?,27-/m0/s1. The van der Waals surface area contributed by atoms with Gasteiger partial charge in [-0.3, -0.25) is 9.59 Å². The van der Waals surface area contributed by atoms with Crippen LogP contribution in [-0.2, 0) is 44.2 Å². The topological polar surface area (TPSA) is 155 Å². The SMILES string of the molecule is O=C(COCCOCCOCCOCCOCCO)OCC1C[C@@H](c2ccc3cc(-c4ccccc4C(F)(F)F)[nH]c(=O)c3c2)C(=O)N1. The molecule has 1 aliphatic rings. The number of rotatable bonds is 20. The maximum absolute atomic E-state index is 13.5. The molecule has 1 unspecified atom stereocenters. The van der Waals surface area contributed by atoms with Crippen molar-refractivity contribution in [3.63, 3.8) is 0 Å². The van der Waals surface area contributed by atoms with Crippen LogP contribution >= 0.6 is 0 Å². The van der Waals surface area contributed by atoms with Crippen molar-refractivity contribution >= 4 is 22.6 Å². The Bertz CT molecular complexity index is 1550. The van der Waals surface area contributed by atoms with Crippen LogP contribution in [-0.4, -0.2) is 107 Å². The number of alkyl halides is 3. The lowest BCUT2D eigenvalue weighted by Gasteiger charge is -2.14. The molecule has 1 saturated heterocycles. The van der Waals surface area contributed by atoms with Crippen LogP contribution in [0.2, 0.25) is 0 Å². The van der Waals surface area contributed by atoms with Crippen molar-refractivity contribution in [2.45, 2.75) is 24.6 Å². The van der Waals surface area contributed by atoms with Gasteiger partial charge in [-0.15, -0.1) is 0 Å². The Morgan fingerprint density at radius 3 is 2.10 bits per heavy atom. The molecule has 0 aliphatic carbocycles. The van der Waals surface area contributed by atoms with Crippen LogP contribution in [0, 0.1) is 0 Å². The molecule has 4 rings (SSSR count). The first-order chi connectivity index (χ1) is 23.2. The molecule has 0 radical (unpaired) electrons. The fourth-order valence-corrected chi connectivity index (χ4v) is 5.09. The molecule has 3 aromatic rings. The molecular weight excluding hydrogens is 641 g/mol. The molecule has 2 aromatic carbocycles. The number of esters is 1. The van der Waals surface area contributed by atoms with Gasteiger partial charge in [-0.25, -0.2) is 4.79 Å². The van der Waals surface area contributed by atoms with E-state index in [4.69, 9.17) is 33.5 Å². The monoisotopic (exact) mass is 680 g/mol. The van der Waals surface area contributed by atoms with Gasteiger partial charge in [0.1, 0.15) is 13.2 Å². The zero-order chi connectivity index (χ0) is 34.4. The lowest BCUT2D eigenvalue weighted by atomic mass is 9.93. The predicted molar refractivity (Wildman–Crippen MR) is 166 cm³/mol. The maximum Gasteiger partial charge on any atom is 0.417 e. The van der Waals surface area contributed by atoms with E-state index >= 15 is 0 Å². The zero-order valence-electron chi connectivity index (χ0n) is 26.2. The molecule has 15 heteroatoms. The van der Waals surface area contributed by atoms with Gasteiger partial charge < -0.3 is 43.8 Å². The van der Waals surface area contributed by atoms with Crippen molar-refractivity contribution in [2.75, 3.05) is 79.3 Å². The van der Waals surface area contributed by atoms with Gasteiger partial charge >= 0.3 is 12.1 Å². The van der Waals surface area contributed by atoms with Gasteiger partial charge in [-0.2, -0.15) is 13.2 Å². The number of nitrogens with one attached hydrogen (secondary N) is 2. The van der Waals surface area contributed by atoms with E-state index in [1.165, 1.54) is 24.3 Å². The Hall–Kier alpha value is -3.86. The second-order valence-corrected chi connectivity index (χ2v) is 10.8. The number of H-pyrrole nitrogens is 1. The molecule has 0 bridgehead atoms. The number of pyridine rings is 1. The van der Waals surface area contributed by atoms with E-state index < -0.39 is 35.2 Å². The Morgan fingerprint density at radius 2 is 1.46 bits per heavy atom. The van der Waals surface area contributed by atoms with E-state index in [-0.39, 0.29) is 62.2 Å². The minimum atomic E-state index is -4.60. The summed E-state index contributed by atoms with van der Waals surface area (Å²) in [5.74, 6) is -1.50. The molecule has 262 valence electrons. The summed E-state index contributed by atoms with van der Waals surface area (Å²) in [6, 6.07) is 10.9. The number of aliphatic hydroxyl groups is 1. The van der Waals surface area contributed by atoms with E-state index in [1.807, 2.05) is 0 Å². The van der Waals surface area contributed by atoms with Crippen molar-refractivity contribution in [1.29, 1.82) is 0 Å². The van der Waals surface area contributed by atoms with E-state index in [1.54, 1.807) is 18.2 Å². The van der Waals surface area contributed by atoms with E-state index in [0.717, 1.165) is 6.07 Å². The van der Waals surface area contributed by atoms with Crippen molar-refractivity contribution in [3.05, 3.63) is 70.0 Å². The number of aromatic nitrogens is 1. The van der Waals surface area contributed by atoms with Crippen LogP contribution in [0.5, 0.6) is 0 Å². The van der Waals surface area contributed by atoms with Gasteiger partial charge in [0.15, 0.2) is 0 Å². The number of halogens is 3. The van der Waals surface area contributed by atoms with Gasteiger partial charge in [-0.05, 0) is 35.6 Å². The third kappa shape index (κ3) is 11.1. The Balaban J connectivity index is 1.15. The quantitative estimate of drug-likeness (QED) is 0.120. The highest BCUT2D eigenvalue weighted by Gasteiger charge is 2.35. The lowest BCUT2D eigenvalue weighted by Crippen LogP contribution is -2.31. The second-order valence-electron chi connectivity index (χ2n) is 10.8. The van der Waals surface area contributed by atoms with Gasteiger partial charge in [0.25, 0.3) is 5.56 Å². The summed E-state index contributed by atoms with van der Waals surface area (Å²) in [6.07, 6.45) is -4.28. The molecule has 1 fully saturated rings. The minimum absolute atomic E-state index is 0.0209. The predicted octanol–water partition coefficient (Wildman–Crippen LogP) is 2.80. The fourth-order valence-electron chi connectivity index (χ4n) is 5.09. The number of aliphatic hydroxyl groups excluding tert-OH is 1. The maximum atomic E-state index is 13.5. The van der Waals surface area contributed by atoms with Crippen LogP contribution in [0.15, 0.2) is 53.3 Å². The largest absolute Gasteiger partial charge is 0.462 e. The first-order valence-corrected chi connectivity index (χ1v) is 15.5. The van der Waals surface area contributed by atoms with E-state index in [9.17, 15) is 27.6 Å². The highest BCUT2D eigenvalue weighted by atomic mass is 19.4. The Morgan fingerprint density at radius 1 is 0.833 bits per heavy atom. The summed E-state index contributed by atoms with van der Waals surface area (Å²) >= 11 is 0. The summed E-state index contributed by atoms with van der Waals surface area (Å²) in [5.41, 5.74) is -0.987. The van der Waals surface area contributed by atoms with Crippen molar-refractivity contribution in [2.24, 2.45) is 0 Å². The molecule has 48 heavy (non-hydrogen) atoms. The first-order valence-electron chi connectivity index (χ1n) is 15.5. The average Bonchev–Trinajstić information content (AvgIpc) is 3.45. The zero-order valence-corrected chi connectivity index (χ0v) is 26.2. The molecule has 3 N–H and O–H groups in total. The molecule has 12 nitrogen and oxygen atoms in total. The molecule has 0 spiro atoms. The van der Waals surface area contributed by atoms with Crippen molar-refractivity contribution in [1.82, 2.24) is 10.3 Å². The highest BCUT2D eigenvalue weighted by molar-refractivity contribution is 5.90. The van der Waals surface area contributed by atoms with E-state index in [0.29, 0.717) is 57.0 Å². The van der Waals surface area contributed by atoms with Crippen LogP contribution in [0.25, 0.3) is 22.0 Å². The first kappa shape index (κ1) is 37.0. The van der Waals surface area contributed by atoms with Gasteiger partial charge in [0.2, 0.25) is 5.91 Å². The number of aromatic amines is 1. The number of ether oxygens (including phenoxy) is 6. The fraction of sp³-hybridized carbons (Fsp3) is 0.485. The second kappa shape index (κ2) is 18.6. The molecule has 0 saturated carbocycles. The number of carbonyl (C=O) groups excluding carboxylic acids is 2. The average molecular weight is 681 g/mol. The van der Waals surface area contributed by atoms with Crippen molar-refractivity contribution < 1.29 is 56.3 Å². The summed E-state index contributed by atoms with van der Waals surface area (Å²) in [4.78, 5) is 40.3. The normalized spacial score (nSPS) is 16.4. The van der Waals surface area contributed by atoms with E-state index in [2.05, 4.69) is 10.3 Å². The smallest absolute Gasteiger partial charge is 0.417 e. The van der Waals surface area contributed by atoms with Crippen molar-refractivity contribution in [3.8, 4) is 11.3 Å². The number of benzene rings is 2. The minimum Gasteiger partial charge on any atom is -0.462 e. The van der Waals surface area contributed by atoms with Crippen LogP contribution in [0.1, 0.15) is 23.5 Å². The molecule has 2 atom stereocenters. The summed E-state index contributed by atoms with van der Waals surface area (Å²) in [5, 5.41) is 12.0. The lowest BCUT2D eigenvalue weighted by molar-refractivity contribution is -0.150. The number of carbonyl (C=O) groups is 2. The molecule has 1 amide bonds. The number of amides is 1. The van der Waals surface area contributed by atoms with Crippen LogP contribution < -0.4 is 10.9 Å². The van der Waals surface area contributed by atoms with Crippen LogP contribution in [0.4, 0.5) is 13.2 Å². The summed E-state index contributed by atoms with van der Waals surface area (Å²) in [6.45, 7) is 2.72.